The maximum Gasteiger partial charge on any atom is 0.315 e. The lowest BCUT2D eigenvalue weighted by Crippen LogP contribution is -2.54. The molecule has 0 spiro atoms. The lowest BCUT2D eigenvalue weighted by Gasteiger charge is -2.49. The summed E-state index contributed by atoms with van der Waals surface area (Å²) in [5, 5.41) is 11.1. The lowest BCUT2D eigenvalue weighted by molar-refractivity contribution is -0.144. The smallest absolute Gasteiger partial charge is 0.315 e. The first-order valence-corrected chi connectivity index (χ1v) is 7.54. The summed E-state index contributed by atoms with van der Waals surface area (Å²) < 4.78 is 10.7. The van der Waals surface area contributed by atoms with Crippen LogP contribution in [0.5, 0.6) is 0 Å². The van der Waals surface area contributed by atoms with Crippen LogP contribution < -0.4 is 0 Å². The van der Waals surface area contributed by atoms with Gasteiger partial charge in [-0.15, -0.1) is 0 Å². The Morgan fingerprint density at radius 3 is 2.85 bits per heavy atom. The van der Waals surface area contributed by atoms with E-state index in [1.165, 1.54) is 17.6 Å². The zero-order chi connectivity index (χ0) is 14.5. The van der Waals surface area contributed by atoms with Gasteiger partial charge in [-0.1, -0.05) is 12.5 Å². The van der Waals surface area contributed by atoms with Crippen LogP contribution >= 0.6 is 0 Å². The minimum Gasteiger partial charge on any atom is -0.454 e. The molecule has 112 valence electrons. The number of carbonyl (C=O) groups excluding carboxylic acids is 1. The van der Waals surface area contributed by atoms with E-state index in [2.05, 4.69) is 13.8 Å². The number of aliphatic hydroxyl groups is 1. The number of hydrogen-bond acceptors (Lipinski definition) is 4. The number of esters is 1. The number of rotatable bonds is 2. The molecule has 0 aromatic rings. The Hall–Kier alpha value is -0.870. The molecule has 3 rings (SSSR count). The summed E-state index contributed by atoms with van der Waals surface area (Å²) in [6.07, 6.45) is 4.43. The van der Waals surface area contributed by atoms with Crippen molar-refractivity contribution in [2.45, 2.75) is 57.7 Å². The molecule has 0 aromatic carbocycles. The standard InChI is InChI=1S/C16H24O4/c1-10-5-4-6-15(2)7-8-16(18)11(9-19-3)14(17)20-13(16)12(10)15/h11,13,18H,4-9H2,1-3H3. The van der Waals surface area contributed by atoms with Gasteiger partial charge >= 0.3 is 5.97 Å². The summed E-state index contributed by atoms with van der Waals surface area (Å²) in [5.74, 6) is -0.862. The summed E-state index contributed by atoms with van der Waals surface area (Å²) >= 11 is 0. The first-order valence-electron chi connectivity index (χ1n) is 7.54. The third-order valence-corrected chi connectivity index (χ3v) is 5.64. The molecular formula is C16H24O4. The maximum absolute atomic E-state index is 12.1. The van der Waals surface area contributed by atoms with E-state index < -0.39 is 17.6 Å². The van der Waals surface area contributed by atoms with Crippen LogP contribution in [-0.4, -0.2) is 36.5 Å². The van der Waals surface area contributed by atoms with Crippen molar-refractivity contribution in [3.63, 3.8) is 0 Å². The number of carbonyl (C=O) groups is 1. The maximum atomic E-state index is 12.1. The second-order valence-corrected chi connectivity index (χ2v) is 6.92. The van der Waals surface area contributed by atoms with Gasteiger partial charge in [0.15, 0.2) is 6.10 Å². The third kappa shape index (κ3) is 1.77. The third-order valence-electron chi connectivity index (χ3n) is 5.64. The van der Waals surface area contributed by atoms with Gasteiger partial charge in [0.1, 0.15) is 11.5 Å². The molecule has 1 heterocycles. The van der Waals surface area contributed by atoms with Crippen LogP contribution in [0.2, 0.25) is 0 Å². The van der Waals surface area contributed by atoms with Crippen molar-refractivity contribution in [3.05, 3.63) is 11.1 Å². The number of ether oxygens (including phenoxy) is 2. The van der Waals surface area contributed by atoms with Gasteiger partial charge in [0, 0.05) is 7.11 Å². The predicted octanol–water partition coefficient (Wildman–Crippen LogP) is 2.21. The van der Waals surface area contributed by atoms with Crippen LogP contribution in [0, 0.1) is 11.3 Å². The topological polar surface area (TPSA) is 55.8 Å². The predicted molar refractivity (Wildman–Crippen MR) is 74.1 cm³/mol. The summed E-state index contributed by atoms with van der Waals surface area (Å²) in [7, 11) is 1.56. The molecule has 2 aliphatic carbocycles. The number of allylic oxidation sites excluding steroid dienone is 1. The minimum atomic E-state index is -1.08. The first-order chi connectivity index (χ1) is 9.42. The van der Waals surface area contributed by atoms with E-state index in [4.69, 9.17) is 9.47 Å². The van der Waals surface area contributed by atoms with E-state index in [-0.39, 0.29) is 18.0 Å². The molecule has 1 N–H and O–H groups in total. The van der Waals surface area contributed by atoms with E-state index in [1.54, 1.807) is 7.11 Å². The summed E-state index contributed by atoms with van der Waals surface area (Å²) in [5.41, 5.74) is 1.49. The van der Waals surface area contributed by atoms with Gasteiger partial charge in [0.2, 0.25) is 0 Å². The van der Waals surface area contributed by atoms with Crippen molar-refractivity contribution in [3.8, 4) is 0 Å². The van der Waals surface area contributed by atoms with Crippen molar-refractivity contribution in [2.75, 3.05) is 13.7 Å². The van der Waals surface area contributed by atoms with Gasteiger partial charge < -0.3 is 14.6 Å². The molecule has 0 amide bonds. The van der Waals surface area contributed by atoms with Crippen molar-refractivity contribution in [1.82, 2.24) is 0 Å². The SMILES string of the molecule is COCC1C(=O)OC2C3=C(C)CCCC3(C)CCC12O. The number of hydrogen-bond donors (Lipinski definition) is 1. The van der Waals surface area contributed by atoms with Crippen LogP contribution in [0.25, 0.3) is 0 Å². The first kappa shape index (κ1) is 14.1. The van der Waals surface area contributed by atoms with Gasteiger partial charge in [-0.05, 0) is 50.0 Å². The Kier molecular flexibility index (Phi) is 3.22. The van der Waals surface area contributed by atoms with Crippen LogP contribution in [0.4, 0.5) is 0 Å². The number of methoxy groups -OCH3 is 1. The molecule has 3 aliphatic rings. The highest BCUT2D eigenvalue weighted by Gasteiger charge is 2.63. The fourth-order valence-corrected chi connectivity index (χ4v) is 4.48. The van der Waals surface area contributed by atoms with Crippen LogP contribution in [0.15, 0.2) is 11.1 Å². The Morgan fingerprint density at radius 1 is 1.40 bits per heavy atom. The highest BCUT2D eigenvalue weighted by Crippen LogP contribution is 2.57. The highest BCUT2D eigenvalue weighted by atomic mass is 16.6. The van der Waals surface area contributed by atoms with Gasteiger partial charge in [-0.3, -0.25) is 4.79 Å². The van der Waals surface area contributed by atoms with E-state index in [9.17, 15) is 9.90 Å². The molecule has 0 radical (unpaired) electrons. The minimum absolute atomic E-state index is 0.0848. The molecule has 2 fully saturated rings. The summed E-state index contributed by atoms with van der Waals surface area (Å²) in [6.45, 7) is 4.60. The van der Waals surface area contributed by atoms with E-state index in [1.807, 2.05) is 0 Å². The fraction of sp³-hybridized carbons (Fsp3) is 0.812. The molecular weight excluding hydrogens is 256 g/mol. The van der Waals surface area contributed by atoms with Crippen LogP contribution in [0.3, 0.4) is 0 Å². The summed E-state index contributed by atoms with van der Waals surface area (Å²) in [6, 6.07) is 0. The van der Waals surface area contributed by atoms with E-state index in [0.717, 1.165) is 19.3 Å². The monoisotopic (exact) mass is 280 g/mol. The molecule has 4 nitrogen and oxygen atoms in total. The fourth-order valence-electron chi connectivity index (χ4n) is 4.48. The molecule has 20 heavy (non-hydrogen) atoms. The Morgan fingerprint density at radius 2 is 2.15 bits per heavy atom. The Labute approximate surface area is 120 Å². The molecule has 0 bridgehead atoms. The average Bonchev–Trinajstić information content (AvgIpc) is 2.63. The van der Waals surface area contributed by atoms with E-state index in [0.29, 0.717) is 6.42 Å². The molecule has 1 saturated heterocycles. The van der Waals surface area contributed by atoms with Crippen molar-refractivity contribution in [1.29, 1.82) is 0 Å². The van der Waals surface area contributed by atoms with E-state index >= 15 is 0 Å². The largest absolute Gasteiger partial charge is 0.454 e. The van der Waals surface area contributed by atoms with Gasteiger partial charge in [-0.2, -0.15) is 0 Å². The van der Waals surface area contributed by atoms with Crippen molar-refractivity contribution < 1.29 is 19.4 Å². The van der Waals surface area contributed by atoms with Gasteiger partial charge in [0.05, 0.1) is 6.61 Å². The van der Waals surface area contributed by atoms with Gasteiger partial charge in [-0.25, -0.2) is 0 Å². The quantitative estimate of drug-likeness (QED) is 0.622. The highest BCUT2D eigenvalue weighted by molar-refractivity contribution is 5.78. The average molecular weight is 280 g/mol. The van der Waals surface area contributed by atoms with Crippen molar-refractivity contribution in [2.24, 2.45) is 11.3 Å². The van der Waals surface area contributed by atoms with Crippen LogP contribution in [-0.2, 0) is 14.3 Å². The van der Waals surface area contributed by atoms with Crippen LogP contribution in [0.1, 0.15) is 46.0 Å². The normalized spacial score (nSPS) is 44.1. The molecule has 1 saturated carbocycles. The molecule has 1 aliphatic heterocycles. The second kappa shape index (κ2) is 4.57. The number of fused-ring (bicyclic) bond motifs is 3. The molecule has 4 heteroatoms. The zero-order valence-corrected chi connectivity index (χ0v) is 12.6. The molecule has 0 aromatic heterocycles. The van der Waals surface area contributed by atoms with Crippen molar-refractivity contribution >= 4 is 5.97 Å². The van der Waals surface area contributed by atoms with Gasteiger partial charge in [0.25, 0.3) is 0 Å². The lowest BCUT2D eigenvalue weighted by atomic mass is 9.58. The Bertz CT molecular complexity index is 469. The molecule has 4 unspecified atom stereocenters. The molecule has 4 atom stereocenters. The zero-order valence-electron chi connectivity index (χ0n) is 12.6. The Balaban J connectivity index is 2.03. The second-order valence-electron chi connectivity index (χ2n) is 6.92. The summed E-state index contributed by atoms with van der Waals surface area (Å²) in [4.78, 5) is 12.1.